The SMILES string of the molecule is Cn1c(C(=O)NCCCc2nc3ccccc3[nH]2)cc2ccccc21. The second-order valence-electron chi connectivity index (χ2n) is 6.21. The number of hydrogen-bond acceptors (Lipinski definition) is 2. The number of benzene rings is 2. The first kappa shape index (κ1) is 15.4. The Morgan fingerprint density at radius 1 is 1.16 bits per heavy atom. The number of rotatable bonds is 5. The number of aryl methyl sites for hydroxylation is 2. The zero-order chi connectivity index (χ0) is 17.2. The number of carbonyl (C=O) groups is 1. The second kappa shape index (κ2) is 6.43. The lowest BCUT2D eigenvalue weighted by atomic mass is 10.2. The van der Waals surface area contributed by atoms with Crippen LogP contribution in [0.2, 0.25) is 0 Å². The van der Waals surface area contributed by atoms with Crippen LogP contribution in [0.3, 0.4) is 0 Å². The first-order valence-electron chi connectivity index (χ1n) is 8.48. The van der Waals surface area contributed by atoms with E-state index in [9.17, 15) is 4.79 Å². The van der Waals surface area contributed by atoms with Gasteiger partial charge in [0.25, 0.3) is 5.91 Å². The van der Waals surface area contributed by atoms with Crippen molar-refractivity contribution in [2.45, 2.75) is 12.8 Å². The molecule has 0 saturated heterocycles. The largest absolute Gasteiger partial charge is 0.351 e. The van der Waals surface area contributed by atoms with Crippen molar-refractivity contribution in [3.63, 3.8) is 0 Å². The van der Waals surface area contributed by atoms with Crippen LogP contribution < -0.4 is 5.32 Å². The standard InChI is InChI=1S/C20H20N4O/c1-24-17-10-5-2-7-14(17)13-18(24)20(25)21-12-6-11-19-22-15-8-3-4-9-16(15)23-19/h2-5,7-10,13H,6,11-12H2,1H3,(H,21,25)(H,22,23). The van der Waals surface area contributed by atoms with Crippen LogP contribution in [0, 0.1) is 0 Å². The molecule has 0 aliphatic heterocycles. The molecule has 0 fully saturated rings. The number of hydrogen-bond donors (Lipinski definition) is 2. The smallest absolute Gasteiger partial charge is 0.267 e. The minimum atomic E-state index is -0.0386. The maximum atomic E-state index is 12.4. The highest BCUT2D eigenvalue weighted by Crippen LogP contribution is 2.18. The predicted octanol–water partition coefficient (Wildman–Crippen LogP) is 3.42. The van der Waals surface area contributed by atoms with Crippen LogP contribution in [0.15, 0.2) is 54.6 Å². The fraction of sp³-hybridized carbons (Fsp3) is 0.200. The summed E-state index contributed by atoms with van der Waals surface area (Å²) < 4.78 is 1.93. The van der Waals surface area contributed by atoms with Gasteiger partial charge >= 0.3 is 0 Å². The zero-order valence-corrected chi connectivity index (χ0v) is 14.1. The summed E-state index contributed by atoms with van der Waals surface area (Å²) in [7, 11) is 1.92. The molecule has 2 heterocycles. The molecule has 4 rings (SSSR count). The lowest BCUT2D eigenvalue weighted by Crippen LogP contribution is -2.26. The Kier molecular flexibility index (Phi) is 3.98. The van der Waals surface area contributed by atoms with Gasteiger partial charge in [0.1, 0.15) is 11.5 Å². The molecule has 2 aromatic heterocycles. The minimum Gasteiger partial charge on any atom is -0.351 e. The Hall–Kier alpha value is -3.08. The minimum absolute atomic E-state index is 0.0386. The van der Waals surface area contributed by atoms with Gasteiger partial charge in [0.05, 0.1) is 11.0 Å². The van der Waals surface area contributed by atoms with Crippen LogP contribution in [0.4, 0.5) is 0 Å². The van der Waals surface area contributed by atoms with Crippen LogP contribution in [-0.2, 0) is 13.5 Å². The van der Waals surface area contributed by atoms with E-state index in [0.29, 0.717) is 12.2 Å². The van der Waals surface area contributed by atoms with Gasteiger partial charge in [-0.25, -0.2) is 4.98 Å². The molecule has 5 heteroatoms. The van der Waals surface area contributed by atoms with Crippen LogP contribution in [-0.4, -0.2) is 27.0 Å². The molecule has 0 unspecified atom stereocenters. The first-order valence-corrected chi connectivity index (χ1v) is 8.48. The van der Waals surface area contributed by atoms with Crippen LogP contribution >= 0.6 is 0 Å². The third kappa shape index (κ3) is 3.01. The van der Waals surface area contributed by atoms with Gasteiger partial charge in [-0.15, -0.1) is 0 Å². The van der Waals surface area contributed by atoms with Crippen LogP contribution in [0.5, 0.6) is 0 Å². The Morgan fingerprint density at radius 3 is 2.80 bits per heavy atom. The van der Waals surface area contributed by atoms with Gasteiger partial charge in [0.2, 0.25) is 0 Å². The van der Waals surface area contributed by atoms with Crippen molar-refractivity contribution in [3.8, 4) is 0 Å². The van der Waals surface area contributed by atoms with Gasteiger partial charge in [0, 0.05) is 30.9 Å². The lowest BCUT2D eigenvalue weighted by molar-refractivity contribution is 0.0945. The summed E-state index contributed by atoms with van der Waals surface area (Å²) in [6.45, 7) is 0.622. The molecule has 0 bridgehead atoms. The number of amides is 1. The van der Waals surface area contributed by atoms with E-state index in [1.165, 1.54) is 0 Å². The molecular formula is C20H20N4O. The third-order valence-electron chi connectivity index (χ3n) is 4.50. The quantitative estimate of drug-likeness (QED) is 0.550. The molecule has 126 valence electrons. The normalized spacial score (nSPS) is 11.2. The van der Waals surface area contributed by atoms with Gasteiger partial charge in [-0.3, -0.25) is 4.79 Å². The summed E-state index contributed by atoms with van der Waals surface area (Å²) in [4.78, 5) is 20.3. The van der Waals surface area contributed by atoms with E-state index in [1.54, 1.807) is 0 Å². The van der Waals surface area contributed by atoms with E-state index in [0.717, 1.165) is 40.6 Å². The Labute approximate surface area is 145 Å². The molecule has 4 aromatic rings. The van der Waals surface area contributed by atoms with Gasteiger partial charge in [-0.2, -0.15) is 0 Å². The number of H-pyrrole nitrogens is 1. The molecule has 25 heavy (non-hydrogen) atoms. The molecule has 2 aromatic carbocycles. The maximum Gasteiger partial charge on any atom is 0.267 e. The average molecular weight is 332 g/mol. The van der Waals surface area contributed by atoms with Crippen molar-refractivity contribution in [3.05, 3.63) is 66.1 Å². The molecule has 2 N–H and O–H groups in total. The van der Waals surface area contributed by atoms with Gasteiger partial charge in [-0.05, 0) is 30.7 Å². The Bertz CT molecular complexity index is 1010. The number of nitrogens with one attached hydrogen (secondary N) is 2. The fourth-order valence-corrected chi connectivity index (χ4v) is 3.18. The zero-order valence-electron chi connectivity index (χ0n) is 14.1. The molecule has 1 amide bonds. The van der Waals surface area contributed by atoms with E-state index >= 15 is 0 Å². The van der Waals surface area contributed by atoms with Crippen LogP contribution in [0.25, 0.3) is 21.9 Å². The molecular weight excluding hydrogens is 312 g/mol. The number of para-hydroxylation sites is 3. The summed E-state index contributed by atoms with van der Waals surface area (Å²) in [5.41, 5.74) is 3.79. The number of fused-ring (bicyclic) bond motifs is 2. The van der Waals surface area contributed by atoms with Crippen molar-refractivity contribution in [1.82, 2.24) is 19.9 Å². The maximum absolute atomic E-state index is 12.4. The number of imidazole rings is 1. The van der Waals surface area contributed by atoms with Gasteiger partial charge in [-0.1, -0.05) is 30.3 Å². The summed E-state index contributed by atoms with van der Waals surface area (Å²) >= 11 is 0. The number of nitrogens with zero attached hydrogens (tertiary/aromatic N) is 2. The number of carbonyl (C=O) groups excluding carboxylic acids is 1. The fourth-order valence-electron chi connectivity index (χ4n) is 3.18. The predicted molar refractivity (Wildman–Crippen MR) is 99.7 cm³/mol. The summed E-state index contributed by atoms with van der Waals surface area (Å²) in [6.07, 6.45) is 1.65. The molecule has 0 aliphatic rings. The topological polar surface area (TPSA) is 62.7 Å². The second-order valence-corrected chi connectivity index (χ2v) is 6.21. The monoisotopic (exact) mass is 332 g/mol. The summed E-state index contributed by atoms with van der Waals surface area (Å²) in [5.74, 6) is 0.920. The Balaban J connectivity index is 1.36. The lowest BCUT2D eigenvalue weighted by Gasteiger charge is -2.06. The van der Waals surface area contributed by atoms with Gasteiger partial charge < -0.3 is 14.9 Å². The molecule has 0 spiro atoms. The molecule has 5 nitrogen and oxygen atoms in total. The first-order chi connectivity index (χ1) is 12.2. The third-order valence-corrected chi connectivity index (χ3v) is 4.50. The van der Waals surface area contributed by atoms with Crippen molar-refractivity contribution < 1.29 is 4.79 Å². The van der Waals surface area contributed by atoms with Crippen molar-refractivity contribution in [2.75, 3.05) is 6.54 Å². The van der Waals surface area contributed by atoms with Crippen molar-refractivity contribution in [2.24, 2.45) is 7.05 Å². The molecule has 0 atom stereocenters. The van der Waals surface area contributed by atoms with E-state index in [-0.39, 0.29) is 5.91 Å². The highest BCUT2D eigenvalue weighted by molar-refractivity contribution is 5.98. The van der Waals surface area contributed by atoms with E-state index < -0.39 is 0 Å². The molecule has 0 aliphatic carbocycles. The van der Waals surface area contributed by atoms with E-state index in [1.807, 2.05) is 66.2 Å². The summed E-state index contributed by atoms with van der Waals surface area (Å²) in [6, 6.07) is 17.9. The average Bonchev–Trinajstić information content (AvgIpc) is 3.20. The summed E-state index contributed by atoms with van der Waals surface area (Å²) in [5, 5.41) is 4.08. The Morgan fingerprint density at radius 2 is 1.96 bits per heavy atom. The number of aromatic amines is 1. The van der Waals surface area contributed by atoms with Crippen molar-refractivity contribution in [1.29, 1.82) is 0 Å². The molecule has 0 saturated carbocycles. The highest BCUT2D eigenvalue weighted by Gasteiger charge is 2.12. The van der Waals surface area contributed by atoms with Gasteiger partial charge in [0.15, 0.2) is 0 Å². The highest BCUT2D eigenvalue weighted by atomic mass is 16.1. The number of aromatic nitrogens is 3. The van der Waals surface area contributed by atoms with E-state index in [2.05, 4.69) is 15.3 Å². The van der Waals surface area contributed by atoms with Crippen molar-refractivity contribution >= 4 is 27.8 Å². The molecule has 0 radical (unpaired) electrons. The van der Waals surface area contributed by atoms with E-state index in [4.69, 9.17) is 0 Å². The van der Waals surface area contributed by atoms with Crippen LogP contribution in [0.1, 0.15) is 22.7 Å².